The van der Waals surface area contributed by atoms with Gasteiger partial charge in [-0.2, -0.15) is 5.10 Å². The molecule has 0 atom stereocenters. The monoisotopic (exact) mass is 264 g/mol. The zero-order chi connectivity index (χ0) is 13.1. The number of nitrogens with one attached hydrogen (secondary N) is 1. The number of hydrogen-bond acceptors (Lipinski definition) is 4. The van der Waals surface area contributed by atoms with Gasteiger partial charge in [-0.1, -0.05) is 13.8 Å². The van der Waals surface area contributed by atoms with Crippen LogP contribution in [0.25, 0.3) is 0 Å². The summed E-state index contributed by atoms with van der Waals surface area (Å²) < 4.78 is 1.89. The molecule has 4 nitrogen and oxygen atoms in total. The van der Waals surface area contributed by atoms with Crippen molar-refractivity contribution >= 4 is 11.3 Å². The van der Waals surface area contributed by atoms with Gasteiger partial charge < -0.3 is 5.32 Å². The predicted octanol–water partition coefficient (Wildman–Crippen LogP) is 2.60. The number of aryl methyl sites for hydroxylation is 2. The second-order valence-electron chi connectivity index (χ2n) is 4.84. The van der Waals surface area contributed by atoms with Crippen LogP contribution in [0, 0.1) is 6.92 Å². The van der Waals surface area contributed by atoms with Crippen LogP contribution in [0.5, 0.6) is 0 Å². The van der Waals surface area contributed by atoms with Gasteiger partial charge in [0.1, 0.15) is 5.01 Å². The summed E-state index contributed by atoms with van der Waals surface area (Å²) in [5.74, 6) is 0.463. The molecule has 0 fully saturated rings. The lowest BCUT2D eigenvalue weighted by Gasteiger charge is -2.05. The molecule has 2 heterocycles. The minimum atomic E-state index is 0.463. The maximum atomic E-state index is 4.50. The summed E-state index contributed by atoms with van der Waals surface area (Å²) in [6.07, 6.45) is 4.01. The summed E-state index contributed by atoms with van der Waals surface area (Å²) in [6.45, 7) is 8.11. The molecule has 98 valence electrons. The summed E-state index contributed by atoms with van der Waals surface area (Å²) in [5.41, 5.74) is 2.46. The molecule has 0 radical (unpaired) electrons. The number of hydrogen-bond donors (Lipinski definition) is 1. The predicted molar refractivity (Wildman–Crippen MR) is 74.7 cm³/mol. The molecule has 0 aliphatic carbocycles. The molecule has 0 aliphatic heterocycles. The van der Waals surface area contributed by atoms with E-state index in [0.29, 0.717) is 5.92 Å². The smallest absolute Gasteiger partial charge is 0.107 e. The first-order valence-electron chi connectivity index (χ1n) is 6.20. The van der Waals surface area contributed by atoms with Crippen LogP contribution in [-0.2, 0) is 20.1 Å². The first-order chi connectivity index (χ1) is 8.56. The molecule has 0 aliphatic rings. The van der Waals surface area contributed by atoms with E-state index in [1.807, 2.05) is 17.9 Å². The van der Waals surface area contributed by atoms with E-state index in [2.05, 4.69) is 42.4 Å². The van der Waals surface area contributed by atoms with Crippen molar-refractivity contribution in [3.05, 3.63) is 33.5 Å². The van der Waals surface area contributed by atoms with Crippen LogP contribution in [-0.4, -0.2) is 14.8 Å². The fraction of sp³-hybridized carbons (Fsp3) is 0.538. The van der Waals surface area contributed by atoms with Gasteiger partial charge in [0.05, 0.1) is 5.69 Å². The van der Waals surface area contributed by atoms with Crippen LogP contribution in [0.15, 0.2) is 12.4 Å². The highest BCUT2D eigenvalue weighted by atomic mass is 32.1. The molecule has 2 rings (SSSR count). The van der Waals surface area contributed by atoms with Gasteiger partial charge in [-0.3, -0.25) is 4.68 Å². The van der Waals surface area contributed by atoms with Crippen molar-refractivity contribution in [2.45, 2.75) is 39.8 Å². The molecular formula is C13H20N4S. The molecule has 0 aromatic carbocycles. The van der Waals surface area contributed by atoms with E-state index in [-0.39, 0.29) is 0 Å². The second kappa shape index (κ2) is 5.63. The van der Waals surface area contributed by atoms with E-state index in [1.165, 1.54) is 16.1 Å². The van der Waals surface area contributed by atoms with Gasteiger partial charge in [0.2, 0.25) is 0 Å². The largest absolute Gasteiger partial charge is 0.306 e. The summed E-state index contributed by atoms with van der Waals surface area (Å²) in [6, 6.07) is 0. The summed E-state index contributed by atoms with van der Waals surface area (Å²) in [4.78, 5) is 5.61. The van der Waals surface area contributed by atoms with Gasteiger partial charge in [-0.05, 0) is 12.8 Å². The van der Waals surface area contributed by atoms with E-state index in [1.54, 1.807) is 11.3 Å². The minimum Gasteiger partial charge on any atom is -0.306 e. The van der Waals surface area contributed by atoms with Gasteiger partial charge >= 0.3 is 0 Å². The Kier molecular flexibility index (Phi) is 4.14. The van der Waals surface area contributed by atoms with E-state index >= 15 is 0 Å². The number of thiazole rings is 1. The van der Waals surface area contributed by atoms with Crippen LogP contribution in [0.4, 0.5) is 0 Å². The van der Waals surface area contributed by atoms with Crippen molar-refractivity contribution in [1.29, 1.82) is 0 Å². The summed E-state index contributed by atoms with van der Waals surface area (Å²) >= 11 is 1.74. The quantitative estimate of drug-likeness (QED) is 0.902. The molecule has 2 aromatic rings. The van der Waals surface area contributed by atoms with Crippen molar-refractivity contribution < 1.29 is 0 Å². The van der Waals surface area contributed by atoms with E-state index in [9.17, 15) is 0 Å². The standard InChI is InChI=1S/C13H20N4S/c1-9(2)13-11(8-17(4)16-13)6-14-7-12-15-5-10(3)18-12/h5,8-9,14H,6-7H2,1-4H3. The Morgan fingerprint density at radius 1 is 1.39 bits per heavy atom. The fourth-order valence-corrected chi connectivity index (χ4v) is 2.72. The third-order valence-corrected chi connectivity index (χ3v) is 3.66. The Morgan fingerprint density at radius 3 is 2.78 bits per heavy atom. The zero-order valence-electron chi connectivity index (χ0n) is 11.4. The SMILES string of the molecule is Cc1cnc(CNCc2cn(C)nc2C(C)C)s1. The lowest BCUT2D eigenvalue weighted by molar-refractivity contribution is 0.675. The second-order valence-corrected chi connectivity index (χ2v) is 6.16. The Hall–Kier alpha value is -1.20. The summed E-state index contributed by atoms with van der Waals surface area (Å²) in [5, 5.41) is 9.08. The van der Waals surface area contributed by atoms with E-state index in [4.69, 9.17) is 0 Å². The third-order valence-electron chi connectivity index (χ3n) is 2.74. The first-order valence-corrected chi connectivity index (χ1v) is 7.02. The molecule has 0 unspecified atom stereocenters. The highest BCUT2D eigenvalue weighted by molar-refractivity contribution is 7.11. The molecule has 0 saturated carbocycles. The van der Waals surface area contributed by atoms with Crippen molar-refractivity contribution in [1.82, 2.24) is 20.1 Å². The molecule has 0 saturated heterocycles. The summed E-state index contributed by atoms with van der Waals surface area (Å²) in [7, 11) is 1.97. The Balaban J connectivity index is 1.94. The number of aromatic nitrogens is 3. The average molecular weight is 264 g/mol. The first kappa shape index (κ1) is 13.2. The van der Waals surface area contributed by atoms with Crippen molar-refractivity contribution in [2.24, 2.45) is 7.05 Å². The van der Waals surface area contributed by atoms with Gasteiger partial charge in [-0.15, -0.1) is 11.3 Å². The fourth-order valence-electron chi connectivity index (χ4n) is 1.96. The maximum absolute atomic E-state index is 4.50. The van der Waals surface area contributed by atoms with E-state index < -0.39 is 0 Å². The van der Waals surface area contributed by atoms with Crippen molar-refractivity contribution in [3.8, 4) is 0 Å². The Labute approximate surface area is 112 Å². The van der Waals surface area contributed by atoms with Gasteiger partial charge in [0, 0.05) is 43.0 Å². The van der Waals surface area contributed by atoms with Crippen LogP contribution < -0.4 is 5.32 Å². The van der Waals surface area contributed by atoms with Gasteiger partial charge in [-0.25, -0.2) is 4.98 Å². The van der Waals surface area contributed by atoms with Crippen LogP contribution >= 0.6 is 11.3 Å². The van der Waals surface area contributed by atoms with Gasteiger partial charge in [0.15, 0.2) is 0 Å². The lowest BCUT2D eigenvalue weighted by atomic mass is 10.1. The molecular weight excluding hydrogens is 244 g/mol. The molecule has 18 heavy (non-hydrogen) atoms. The van der Waals surface area contributed by atoms with Crippen molar-refractivity contribution in [2.75, 3.05) is 0 Å². The highest BCUT2D eigenvalue weighted by Gasteiger charge is 2.10. The molecule has 2 aromatic heterocycles. The molecule has 0 amide bonds. The highest BCUT2D eigenvalue weighted by Crippen LogP contribution is 2.17. The average Bonchev–Trinajstić information content (AvgIpc) is 2.85. The van der Waals surface area contributed by atoms with Crippen LogP contribution in [0.3, 0.4) is 0 Å². The lowest BCUT2D eigenvalue weighted by Crippen LogP contribution is -2.13. The number of nitrogens with zero attached hydrogens (tertiary/aromatic N) is 3. The van der Waals surface area contributed by atoms with Crippen molar-refractivity contribution in [3.63, 3.8) is 0 Å². The normalized spacial score (nSPS) is 11.4. The topological polar surface area (TPSA) is 42.7 Å². The zero-order valence-corrected chi connectivity index (χ0v) is 12.2. The maximum Gasteiger partial charge on any atom is 0.107 e. The number of rotatable bonds is 5. The van der Waals surface area contributed by atoms with Gasteiger partial charge in [0.25, 0.3) is 0 Å². The van der Waals surface area contributed by atoms with E-state index in [0.717, 1.165) is 18.1 Å². The molecule has 0 bridgehead atoms. The third kappa shape index (κ3) is 3.17. The molecule has 5 heteroatoms. The Morgan fingerprint density at radius 2 is 2.17 bits per heavy atom. The van der Waals surface area contributed by atoms with Crippen LogP contribution in [0.1, 0.15) is 40.9 Å². The molecule has 0 spiro atoms. The molecule has 1 N–H and O–H groups in total. The van der Waals surface area contributed by atoms with Crippen LogP contribution in [0.2, 0.25) is 0 Å². The Bertz CT molecular complexity index is 513. The minimum absolute atomic E-state index is 0.463.